The maximum Gasteiger partial charge on any atom is 0.270 e. The van der Waals surface area contributed by atoms with Crippen molar-refractivity contribution < 1.29 is 43.0 Å². The molecule has 8 rings (SSSR count). The van der Waals surface area contributed by atoms with Crippen molar-refractivity contribution in [3.05, 3.63) is 71.2 Å². The topological polar surface area (TPSA) is 223 Å². The van der Waals surface area contributed by atoms with Gasteiger partial charge in [-0.05, 0) is 55.5 Å². The smallest absolute Gasteiger partial charge is 0.270 e. The molecule has 1 aromatic carbocycles. The summed E-state index contributed by atoms with van der Waals surface area (Å²) < 4.78 is 19.1. The van der Waals surface area contributed by atoms with Gasteiger partial charge in [0.1, 0.15) is 23.2 Å². The Morgan fingerprint density at radius 1 is 0.851 bits per heavy atom. The van der Waals surface area contributed by atoms with Gasteiger partial charge in [0, 0.05) is 83.8 Å². The van der Waals surface area contributed by atoms with Gasteiger partial charge in [-0.1, -0.05) is 25.0 Å². The summed E-state index contributed by atoms with van der Waals surface area (Å²) in [7, 11) is 3.54. The van der Waals surface area contributed by atoms with E-state index < -0.39 is 29.7 Å². The molecule has 1 saturated carbocycles. The predicted molar refractivity (Wildman–Crippen MR) is 246 cm³/mol. The van der Waals surface area contributed by atoms with Crippen molar-refractivity contribution in [2.24, 2.45) is 0 Å². The number of amides is 6. The third-order valence-electron chi connectivity index (χ3n) is 12.7. The second kappa shape index (κ2) is 22.0. The first-order valence-electron chi connectivity index (χ1n) is 23.2. The molecule has 20 heteroatoms. The van der Waals surface area contributed by atoms with E-state index in [0.717, 1.165) is 80.0 Å². The summed E-state index contributed by atoms with van der Waals surface area (Å²) >= 11 is 0. The molecule has 356 valence electrons. The van der Waals surface area contributed by atoms with Crippen LogP contribution in [0.2, 0.25) is 0 Å². The van der Waals surface area contributed by atoms with Crippen LogP contribution in [-0.4, -0.2) is 169 Å². The first-order valence-corrected chi connectivity index (χ1v) is 23.2. The van der Waals surface area contributed by atoms with Gasteiger partial charge in [-0.3, -0.25) is 43.9 Å². The largest absolute Gasteiger partial charge is 0.378 e. The van der Waals surface area contributed by atoms with Crippen molar-refractivity contribution >= 4 is 63.9 Å². The van der Waals surface area contributed by atoms with E-state index >= 15 is 0 Å². The number of nitrogens with zero attached hydrogens (tertiary/aromatic N) is 8. The lowest BCUT2D eigenvalue weighted by molar-refractivity contribution is -0.136. The zero-order valence-electron chi connectivity index (χ0n) is 38.2. The predicted octanol–water partition coefficient (Wildman–Crippen LogP) is 2.71. The second-order valence-electron chi connectivity index (χ2n) is 17.3. The number of carbonyl (C=O) groups excluding carboxylic acids is 6. The van der Waals surface area contributed by atoms with Crippen LogP contribution in [0.4, 0.5) is 17.5 Å². The Hall–Kier alpha value is -6.35. The molecule has 1 atom stereocenters. The van der Waals surface area contributed by atoms with Crippen LogP contribution in [0, 0.1) is 0 Å². The van der Waals surface area contributed by atoms with Crippen molar-refractivity contribution in [1.82, 2.24) is 44.9 Å². The van der Waals surface area contributed by atoms with E-state index in [1.165, 1.54) is 6.07 Å². The minimum Gasteiger partial charge on any atom is -0.378 e. The molecule has 3 fully saturated rings. The van der Waals surface area contributed by atoms with Crippen molar-refractivity contribution in [3.8, 4) is 0 Å². The van der Waals surface area contributed by atoms with Gasteiger partial charge in [-0.2, -0.15) is 4.98 Å². The molecule has 6 heterocycles. The number of fused-ring (bicyclic) bond motifs is 2. The van der Waals surface area contributed by atoms with Gasteiger partial charge in [0.25, 0.3) is 17.7 Å². The molecule has 20 nitrogen and oxygen atoms in total. The molecule has 1 unspecified atom stereocenters. The number of nitrogens with one attached hydrogen (secondary N) is 3. The fourth-order valence-corrected chi connectivity index (χ4v) is 9.11. The number of hydrogen-bond donors (Lipinski definition) is 3. The number of anilines is 3. The van der Waals surface area contributed by atoms with Crippen LogP contribution in [0.25, 0.3) is 11.0 Å². The quantitative estimate of drug-likeness (QED) is 0.0808. The van der Waals surface area contributed by atoms with Gasteiger partial charge >= 0.3 is 0 Å². The molecule has 0 radical (unpaired) electrons. The van der Waals surface area contributed by atoms with Gasteiger partial charge in [-0.25, -0.2) is 9.97 Å². The number of hydrogen-bond acceptors (Lipinski definition) is 15. The molecule has 1 aliphatic carbocycles. The minimum atomic E-state index is -1.05. The minimum absolute atomic E-state index is 0.0373. The maximum atomic E-state index is 13.3. The number of piperazine rings is 1. The van der Waals surface area contributed by atoms with Crippen LogP contribution >= 0.6 is 0 Å². The summed E-state index contributed by atoms with van der Waals surface area (Å²) in [5, 5.41) is 9.10. The molecule has 4 aromatic rings. The van der Waals surface area contributed by atoms with Crippen molar-refractivity contribution in [3.63, 3.8) is 0 Å². The Morgan fingerprint density at radius 3 is 2.31 bits per heavy atom. The molecule has 3 aliphatic heterocycles. The van der Waals surface area contributed by atoms with E-state index in [2.05, 4.69) is 46.4 Å². The maximum absolute atomic E-state index is 13.3. The summed E-state index contributed by atoms with van der Waals surface area (Å²) in [5.74, 6) is -1.44. The first-order chi connectivity index (χ1) is 32.5. The standard InChI is InChI=1S/C47H59N11O9/c1-54(2)45(63)37-28-32-29-50-47(53-42(32)57(37)33-7-3-4-8-33)51-38-13-11-34(30-49-38)56-19-17-55(18-20-56)21-23-66-25-27-67-26-24-65-22-16-48-39(59)14-10-31-6-5-9-35-41(31)46(64)58(44(35)62)36-12-15-40(60)52-43(36)61/h5-6,9,11,13,28-30,33,36H,3-4,7-8,10,12,14-27H2,1-2H3,(H,48,59)(H,52,60,61)(H,49,50,51,53). The van der Waals surface area contributed by atoms with Gasteiger partial charge < -0.3 is 39.2 Å². The van der Waals surface area contributed by atoms with E-state index in [1.807, 2.05) is 18.3 Å². The summed E-state index contributed by atoms with van der Waals surface area (Å²) in [6, 6.07) is 9.98. The first kappa shape index (κ1) is 47.2. The number of pyridine rings is 1. The fourth-order valence-electron chi connectivity index (χ4n) is 9.11. The van der Waals surface area contributed by atoms with Crippen LogP contribution in [0.15, 0.2) is 48.8 Å². The normalized spacial score (nSPS) is 17.9. The number of aromatic nitrogens is 4. The number of benzene rings is 1. The number of aryl methyl sites for hydroxylation is 1. The monoisotopic (exact) mass is 921 g/mol. The Morgan fingerprint density at radius 2 is 1.60 bits per heavy atom. The van der Waals surface area contributed by atoms with Crippen molar-refractivity contribution in [2.45, 2.75) is 63.5 Å². The highest BCUT2D eigenvalue weighted by atomic mass is 16.5. The van der Waals surface area contributed by atoms with E-state index in [1.54, 1.807) is 37.3 Å². The molecule has 0 spiro atoms. The molecular formula is C47H59N11O9. The van der Waals surface area contributed by atoms with Crippen molar-refractivity contribution in [1.29, 1.82) is 0 Å². The van der Waals surface area contributed by atoms with Gasteiger partial charge in [-0.15, -0.1) is 0 Å². The van der Waals surface area contributed by atoms with Gasteiger partial charge in [0.2, 0.25) is 23.7 Å². The number of ether oxygens (including phenoxy) is 3. The average molecular weight is 922 g/mol. The molecule has 3 N–H and O–H groups in total. The SMILES string of the molecule is CN(C)C(=O)c1cc2cnc(Nc3ccc(N4CCN(CCOCCOCCOCCNC(=O)CCc5cccc6c5C(=O)N(C5CCC(=O)NC5=O)C6=O)CC4)cn3)nc2n1C1CCCC1. The lowest BCUT2D eigenvalue weighted by Crippen LogP contribution is -2.54. The third kappa shape index (κ3) is 11.3. The Bertz CT molecular complexity index is 2450. The Labute approximate surface area is 388 Å². The lowest BCUT2D eigenvalue weighted by atomic mass is 9.99. The Balaban J connectivity index is 0.655. The highest BCUT2D eigenvalue weighted by Gasteiger charge is 2.45. The molecule has 67 heavy (non-hydrogen) atoms. The molecule has 4 aliphatic rings. The lowest BCUT2D eigenvalue weighted by Gasteiger charge is -2.35. The van der Waals surface area contributed by atoms with Crippen LogP contribution in [0.5, 0.6) is 0 Å². The van der Waals surface area contributed by atoms with E-state index in [0.29, 0.717) is 69.2 Å². The second-order valence-corrected chi connectivity index (χ2v) is 17.3. The van der Waals surface area contributed by atoms with Gasteiger partial charge in [0.05, 0.1) is 62.7 Å². The van der Waals surface area contributed by atoms with E-state index in [9.17, 15) is 28.8 Å². The number of carbonyl (C=O) groups is 6. The zero-order chi connectivity index (χ0) is 46.9. The van der Waals surface area contributed by atoms with Crippen LogP contribution < -0.4 is 20.9 Å². The van der Waals surface area contributed by atoms with Crippen LogP contribution in [-0.2, 0) is 35.0 Å². The average Bonchev–Trinajstić information content (AvgIpc) is 4.06. The van der Waals surface area contributed by atoms with Gasteiger partial charge in [0.15, 0.2) is 0 Å². The summed E-state index contributed by atoms with van der Waals surface area (Å²) in [5.41, 5.74) is 3.40. The summed E-state index contributed by atoms with van der Waals surface area (Å²) in [6.45, 7) is 7.31. The fraction of sp³-hybridized carbons (Fsp3) is 0.511. The summed E-state index contributed by atoms with van der Waals surface area (Å²) in [6.07, 6.45) is 8.43. The Kier molecular flexibility index (Phi) is 15.5. The zero-order valence-corrected chi connectivity index (χ0v) is 38.2. The number of imide groups is 2. The van der Waals surface area contributed by atoms with Crippen LogP contribution in [0.1, 0.15) is 87.8 Å². The van der Waals surface area contributed by atoms with E-state index in [4.69, 9.17) is 19.2 Å². The molecular weight excluding hydrogens is 863 g/mol. The molecule has 0 bridgehead atoms. The third-order valence-corrected chi connectivity index (χ3v) is 12.7. The number of piperidine rings is 1. The van der Waals surface area contributed by atoms with E-state index in [-0.39, 0.29) is 54.7 Å². The van der Waals surface area contributed by atoms with Crippen LogP contribution in [0.3, 0.4) is 0 Å². The molecule has 3 aromatic heterocycles. The molecule has 6 amide bonds. The highest BCUT2D eigenvalue weighted by molar-refractivity contribution is 6.24. The highest BCUT2D eigenvalue weighted by Crippen LogP contribution is 2.35. The molecule has 2 saturated heterocycles. The van der Waals surface area contributed by atoms with Crippen molar-refractivity contribution in [2.75, 3.05) is 103 Å². The number of rotatable bonds is 21. The summed E-state index contributed by atoms with van der Waals surface area (Å²) in [4.78, 5) is 97.2.